The lowest BCUT2D eigenvalue weighted by Gasteiger charge is -2.31. The van der Waals surface area contributed by atoms with Gasteiger partial charge >= 0.3 is 5.97 Å². The van der Waals surface area contributed by atoms with E-state index in [2.05, 4.69) is 15.0 Å². The molecule has 1 heterocycles. The summed E-state index contributed by atoms with van der Waals surface area (Å²) in [5.41, 5.74) is 1.75. The van der Waals surface area contributed by atoms with E-state index in [4.69, 9.17) is 16.3 Å². The zero-order chi connectivity index (χ0) is 13.7. The highest BCUT2D eigenvalue weighted by molar-refractivity contribution is 6.34. The lowest BCUT2D eigenvalue weighted by atomic mass is 10.2. The molecule has 0 unspecified atom stereocenters. The number of esters is 1. The number of hydrogen-bond acceptors (Lipinski definition) is 5. The summed E-state index contributed by atoms with van der Waals surface area (Å²) in [6, 6.07) is 5.60. The number of anilines is 2. The summed E-state index contributed by atoms with van der Waals surface area (Å²) in [7, 11) is 1.37. The zero-order valence-corrected chi connectivity index (χ0v) is 11.6. The Morgan fingerprint density at radius 1 is 1.47 bits per heavy atom. The van der Waals surface area contributed by atoms with Crippen LogP contribution in [-0.2, 0) is 14.3 Å². The highest BCUT2D eigenvalue weighted by Gasteiger charge is 2.18. The molecule has 0 radical (unpaired) electrons. The number of carbonyl (C=O) groups is 1. The van der Waals surface area contributed by atoms with Crippen molar-refractivity contribution in [3.8, 4) is 0 Å². The van der Waals surface area contributed by atoms with Crippen molar-refractivity contribution in [2.24, 2.45) is 0 Å². The smallest absolute Gasteiger partial charge is 0.325 e. The Hall–Kier alpha value is -1.46. The fourth-order valence-corrected chi connectivity index (χ4v) is 2.30. The van der Waals surface area contributed by atoms with E-state index >= 15 is 0 Å². The van der Waals surface area contributed by atoms with Crippen LogP contribution in [-0.4, -0.2) is 45.9 Å². The molecular weight excluding hydrogens is 268 g/mol. The highest BCUT2D eigenvalue weighted by Crippen LogP contribution is 2.34. The topological polar surface area (TPSA) is 50.8 Å². The third-order valence-electron chi connectivity index (χ3n) is 2.96. The minimum atomic E-state index is -0.312. The second-order valence-electron chi connectivity index (χ2n) is 4.17. The van der Waals surface area contributed by atoms with Gasteiger partial charge < -0.3 is 19.7 Å². The molecule has 1 aromatic rings. The van der Waals surface area contributed by atoms with E-state index in [0.29, 0.717) is 18.2 Å². The minimum absolute atomic E-state index is 0.119. The molecule has 19 heavy (non-hydrogen) atoms. The lowest BCUT2D eigenvalue weighted by Crippen LogP contribution is -2.37. The molecule has 104 valence electrons. The van der Waals surface area contributed by atoms with Crippen molar-refractivity contribution in [1.29, 1.82) is 0 Å². The minimum Gasteiger partial charge on any atom is -0.468 e. The summed E-state index contributed by atoms with van der Waals surface area (Å²) in [6.07, 6.45) is 0. The van der Waals surface area contributed by atoms with Crippen molar-refractivity contribution < 1.29 is 14.3 Å². The molecular formula is C13H17ClN2O3. The number of methoxy groups -OCH3 is 1. The quantitative estimate of drug-likeness (QED) is 0.854. The van der Waals surface area contributed by atoms with Crippen LogP contribution in [0.15, 0.2) is 18.2 Å². The van der Waals surface area contributed by atoms with Crippen LogP contribution in [0.5, 0.6) is 0 Å². The van der Waals surface area contributed by atoms with Gasteiger partial charge in [0.1, 0.15) is 6.54 Å². The summed E-state index contributed by atoms with van der Waals surface area (Å²) >= 11 is 6.27. The van der Waals surface area contributed by atoms with Gasteiger partial charge in [0.15, 0.2) is 0 Å². The van der Waals surface area contributed by atoms with E-state index in [1.54, 1.807) is 0 Å². The fraction of sp³-hybridized carbons (Fsp3) is 0.462. The van der Waals surface area contributed by atoms with Crippen LogP contribution in [0.3, 0.4) is 0 Å². The lowest BCUT2D eigenvalue weighted by molar-refractivity contribution is -0.138. The second-order valence-corrected chi connectivity index (χ2v) is 4.57. The molecule has 0 aliphatic carbocycles. The summed E-state index contributed by atoms with van der Waals surface area (Å²) in [5, 5.41) is 3.72. The SMILES string of the molecule is COC(=O)CNc1cccc(Cl)c1N1CCOCC1. The van der Waals surface area contributed by atoms with Gasteiger partial charge in [-0.15, -0.1) is 0 Å². The predicted octanol–water partition coefficient (Wildman–Crippen LogP) is 1.76. The van der Waals surface area contributed by atoms with Crippen LogP contribution in [0.2, 0.25) is 5.02 Å². The van der Waals surface area contributed by atoms with Gasteiger partial charge in [-0.3, -0.25) is 4.79 Å². The Labute approximate surface area is 117 Å². The standard InChI is InChI=1S/C13H17ClN2O3/c1-18-12(17)9-15-11-4-2-3-10(14)13(11)16-5-7-19-8-6-16/h2-4,15H,5-9H2,1H3. The van der Waals surface area contributed by atoms with Crippen molar-refractivity contribution in [2.45, 2.75) is 0 Å². The summed E-state index contributed by atoms with van der Waals surface area (Å²) < 4.78 is 9.96. The number of morpholine rings is 1. The third kappa shape index (κ3) is 3.52. The van der Waals surface area contributed by atoms with Gasteiger partial charge in [-0.2, -0.15) is 0 Å². The van der Waals surface area contributed by atoms with E-state index in [1.807, 2.05) is 18.2 Å². The van der Waals surface area contributed by atoms with Crippen LogP contribution in [0.4, 0.5) is 11.4 Å². The number of nitrogens with one attached hydrogen (secondary N) is 1. The van der Waals surface area contributed by atoms with Crippen molar-refractivity contribution in [2.75, 3.05) is 50.2 Å². The summed E-state index contributed by atoms with van der Waals surface area (Å²) in [4.78, 5) is 13.4. The maximum absolute atomic E-state index is 11.2. The average molecular weight is 285 g/mol. The van der Waals surface area contributed by atoms with Crippen LogP contribution in [0.25, 0.3) is 0 Å². The van der Waals surface area contributed by atoms with Crippen LogP contribution in [0, 0.1) is 0 Å². The molecule has 1 fully saturated rings. The van der Waals surface area contributed by atoms with E-state index in [-0.39, 0.29) is 12.5 Å². The molecule has 0 spiro atoms. The number of carbonyl (C=O) groups excluding carboxylic acids is 1. The van der Waals surface area contributed by atoms with Gasteiger partial charge in [0.2, 0.25) is 0 Å². The van der Waals surface area contributed by atoms with Crippen molar-refractivity contribution in [3.63, 3.8) is 0 Å². The molecule has 0 saturated carbocycles. The average Bonchev–Trinajstić information content (AvgIpc) is 2.45. The van der Waals surface area contributed by atoms with Gasteiger partial charge in [-0.1, -0.05) is 17.7 Å². The number of benzene rings is 1. The number of ether oxygens (including phenoxy) is 2. The maximum Gasteiger partial charge on any atom is 0.325 e. The maximum atomic E-state index is 11.2. The van der Waals surface area contributed by atoms with Crippen molar-refractivity contribution in [1.82, 2.24) is 0 Å². The second kappa shape index (κ2) is 6.63. The fourth-order valence-electron chi connectivity index (χ4n) is 2.01. The molecule has 6 heteroatoms. The first kappa shape index (κ1) is 14.0. The van der Waals surface area contributed by atoms with Crippen LogP contribution >= 0.6 is 11.6 Å². The van der Waals surface area contributed by atoms with Crippen LogP contribution in [0.1, 0.15) is 0 Å². The molecule has 1 aliphatic heterocycles. The van der Waals surface area contributed by atoms with E-state index in [9.17, 15) is 4.79 Å². The highest BCUT2D eigenvalue weighted by atomic mass is 35.5. The Balaban J connectivity index is 2.17. The zero-order valence-electron chi connectivity index (χ0n) is 10.8. The number of halogens is 1. The first-order chi connectivity index (χ1) is 9.22. The summed E-state index contributed by atoms with van der Waals surface area (Å²) in [5.74, 6) is -0.312. The molecule has 2 rings (SSSR count). The Bertz CT molecular complexity index is 448. The Morgan fingerprint density at radius 2 is 2.21 bits per heavy atom. The van der Waals surface area contributed by atoms with Gasteiger partial charge in [-0.05, 0) is 12.1 Å². The molecule has 1 saturated heterocycles. The molecule has 0 bridgehead atoms. The van der Waals surface area contributed by atoms with E-state index in [0.717, 1.165) is 24.5 Å². The Kier molecular flexibility index (Phi) is 4.87. The Morgan fingerprint density at radius 3 is 2.89 bits per heavy atom. The molecule has 0 atom stereocenters. The van der Waals surface area contributed by atoms with Crippen molar-refractivity contribution >= 4 is 28.9 Å². The normalized spacial score (nSPS) is 15.2. The third-order valence-corrected chi connectivity index (χ3v) is 3.27. The van der Waals surface area contributed by atoms with E-state index in [1.165, 1.54) is 7.11 Å². The first-order valence-corrected chi connectivity index (χ1v) is 6.52. The molecule has 0 amide bonds. The van der Waals surface area contributed by atoms with Crippen molar-refractivity contribution in [3.05, 3.63) is 23.2 Å². The number of rotatable bonds is 4. The molecule has 1 aromatic carbocycles. The number of para-hydroxylation sites is 1. The van der Waals surface area contributed by atoms with Gasteiger partial charge in [0.25, 0.3) is 0 Å². The summed E-state index contributed by atoms with van der Waals surface area (Å²) in [6.45, 7) is 3.06. The molecule has 0 aromatic heterocycles. The number of nitrogens with zero attached hydrogens (tertiary/aromatic N) is 1. The largest absolute Gasteiger partial charge is 0.468 e. The number of hydrogen-bond donors (Lipinski definition) is 1. The van der Waals surface area contributed by atoms with Gasteiger partial charge in [-0.25, -0.2) is 0 Å². The molecule has 1 aliphatic rings. The molecule has 5 nitrogen and oxygen atoms in total. The predicted molar refractivity (Wildman–Crippen MR) is 75.0 cm³/mol. The van der Waals surface area contributed by atoms with Gasteiger partial charge in [0, 0.05) is 13.1 Å². The molecule has 1 N–H and O–H groups in total. The first-order valence-electron chi connectivity index (χ1n) is 6.14. The van der Waals surface area contributed by atoms with Crippen LogP contribution < -0.4 is 10.2 Å². The monoisotopic (exact) mass is 284 g/mol. The van der Waals surface area contributed by atoms with E-state index < -0.39 is 0 Å². The van der Waals surface area contributed by atoms with Gasteiger partial charge in [0.05, 0.1) is 36.7 Å².